The lowest BCUT2D eigenvalue weighted by atomic mass is 10.1. The fourth-order valence-corrected chi connectivity index (χ4v) is 4.25. The lowest BCUT2D eigenvalue weighted by molar-refractivity contribution is -0.126. The molecule has 1 heterocycles. The van der Waals surface area contributed by atoms with Gasteiger partial charge in [-0.15, -0.1) is 6.42 Å². The Labute approximate surface area is 202 Å². The van der Waals surface area contributed by atoms with Gasteiger partial charge in [0.25, 0.3) is 5.91 Å². The Balaban J connectivity index is 1.76. The average Bonchev–Trinajstić information content (AvgIpc) is 2.82. The van der Waals surface area contributed by atoms with Gasteiger partial charge < -0.3 is 19.3 Å². The molecule has 2 aromatic rings. The van der Waals surface area contributed by atoms with Crippen molar-refractivity contribution in [3.63, 3.8) is 0 Å². The maximum absolute atomic E-state index is 13.0. The molecule has 6 nitrogen and oxygen atoms in total. The van der Waals surface area contributed by atoms with Crippen molar-refractivity contribution < 1.29 is 14.3 Å². The maximum atomic E-state index is 13.0. The lowest BCUT2D eigenvalue weighted by Crippen LogP contribution is -2.49. The van der Waals surface area contributed by atoms with Crippen LogP contribution in [0.15, 0.2) is 48.0 Å². The quantitative estimate of drug-likeness (QED) is 0.230. The summed E-state index contributed by atoms with van der Waals surface area (Å²) in [6.07, 6.45) is 6.90. The first-order valence-electron chi connectivity index (χ1n) is 10.3. The number of terminal acetylenes is 1. The summed E-state index contributed by atoms with van der Waals surface area (Å²) in [4.78, 5) is 17.0. The first kappa shape index (κ1) is 23.5. The van der Waals surface area contributed by atoms with E-state index in [0.717, 1.165) is 22.3 Å². The molecule has 0 radical (unpaired) electrons. The number of anilines is 1. The highest BCUT2D eigenvalue weighted by atomic mass is 127. The van der Waals surface area contributed by atoms with Crippen LogP contribution in [0.3, 0.4) is 0 Å². The molecule has 0 N–H and O–H groups in total. The number of hydrogen-bond donors (Lipinski definition) is 0. The lowest BCUT2D eigenvalue weighted by Gasteiger charge is -2.36. The predicted octanol–water partition coefficient (Wildman–Crippen LogP) is 3.96. The number of rotatable bonds is 7. The Hall–Kier alpha value is -3.17. The topological polar surface area (TPSA) is 65.8 Å². The minimum Gasteiger partial charge on any atom is -0.490 e. The molecular formula is C25H24IN3O3. The van der Waals surface area contributed by atoms with Crippen molar-refractivity contribution in [3.05, 3.63) is 57.2 Å². The fraction of sp³-hybridized carbons (Fsp3) is 0.280. The third-order valence-electron chi connectivity index (χ3n) is 4.98. The number of nitrogens with zero attached hydrogens (tertiary/aromatic N) is 3. The Morgan fingerprint density at radius 3 is 2.53 bits per heavy atom. The SMILES string of the molecule is C#CCOc1c(I)cc(/C=C(/C#N)C(=O)N2CCN(c3ccccc3)CC2)cc1OCC. The first-order chi connectivity index (χ1) is 15.6. The van der Waals surface area contributed by atoms with Crippen LogP contribution in [0.25, 0.3) is 6.08 Å². The van der Waals surface area contributed by atoms with E-state index in [9.17, 15) is 10.1 Å². The van der Waals surface area contributed by atoms with E-state index in [2.05, 4.69) is 51.6 Å². The van der Waals surface area contributed by atoms with Gasteiger partial charge in [0.15, 0.2) is 11.5 Å². The Kier molecular flexibility index (Phi) is 8.41. The van der Waals surface area contributed by atoms with Crippen molar-refractivity contribution in [3.8, 4) is 29.9 Å². The van der Waals surface area contributed by atoms with Gasteiger partial charge in [0.1, 0.15) is 18.2 Å². The fourth-order valence-electron chi connectivity index (χ4n) is 3.47. The molecule has 32 heavy (non-hydrogen) atoms. The summed E-state index contributed by atoms with van der Waals surface area (Å²) in [5.41, 5.74) is 1.92. The van der Waals surface area contributed by atoms with Gasteiger partial charge in [-0.2, -0.15) is 5.26 Å². The van der Waals surface area contributed by atoms with Gasteiger partial charge in [-0.3, -0.25) is 4.79 Å². The van der Waals surface area contributed by atoms with Gasteiger partial charge in [-0.05, 0) is 65.4 Å². The molecule has 0 aliphatic carbocycles. The number of halogens is 1. The van der Waals surface area contributed by atoms with Crippen molar-refractivity contribution in [2.75, 3.05) is 44.3 Å². The van der Waals surface area contributed by atoms with Crippen LogP contribution >= 0.6 is 22.6 Å². The first-order valence-corrected chi connectivity index (χ1v) is 11.4. The van der Waals surface area contributed by atoms with Crippen molar-refractivity contribution in [1.29, 1.82) is 5.26 Å². The number of amides is 1. The zero-order valence-corrected chi connectivity index (χ0v) is 20.0. The molecule has 1 aliphatic rings. The molecule has 1 aliphatic heterocycles. The molecule has 0 aromatic heterocycles. The van der Waals surface area contributed by atoms with Crippen molar-refractivity contribution >= 4 is 40.3 Å². The zero-order chi connectivity index (χ0) is 22.9. The van der Waals surface area contributed by atoms with Gasteiger partial charge in [0, 0.05) is 31.9 Å². The van der Waals surface area contributed by atoms with E-state index in [1.54, 1.807) is 17.0 Å². The summed E-state index contributed by atoms with van der Waals surface area (Å²) < 4.78 is 12.1. The number of benzene rings is 2. The Morgan fingerprint density at radius 2 is 1.91 bits per heavy atom. The van der Waals surface area contributed by atoms with Crippen molar-refractivity contribution in [2.24, 2.45) is 0 Å². The van der Waals surface area contributed by atoms with E-state index < -0.39 is 0 Å². The number of carbonyl (C=O) groups is 1. The highest BCUT2D eigenvalue weighted by Crippen LogP contribution is 2.35. The zero-order valence-electron chi connectivity index (χ0n) is 17.9. The summed E-state index contributed by atoms with van der Waals surface area (Å²) in [6.45, 7) is 5.03. The number of piperazine rings is 1. The normalized spacial score (nSPS) is 13.8. The van der Waals surface area contributed by atoms with E-state index >= 15 is 0 Å². The van der Waals surface area contributed by atoms with Crippen LogP contribution in [-0.2, 0) is 4.79 Å². The molecule has 0 saturated carbocycles. The van der Waals surface area contributed by atoms with E-state index in [0.29, 0.717) is 36.8 Å². The third kappa shape index (κ3) is 5.74. The van der Waals surface area contributed by atoms with Crippen LogP contribution in [0.5, 0.6) is 11.5 Å². The van der Waals surface area contributed by atoms with E-state index in [1.165, 1.54) is 0 Å². The molecule has 0 spiro atoms. The number of para-hydroxylation sites is 1. The summed E-state index contributed by atoms with van der Waals surface area (Å²) in [6, 6.07) is 15.8. The number of nitriles is 1. The maximum Gasteiger partial charge on any atom is 0.264 e. The van der Waals surface area contributed by atoms with Gasteiger partial charge in [-0.1, -0.05) is 24.1 Å². The third-order valence-corrected chi connectivity index (χ3v) is 5.78. The van der Waals surface area contributed by atoms with E-state index in [1.807, 2.05) is 31.2 Å². The Bertz CT molecular complexity index is 1060. The molecule has 0 unspecified atom stereocenters. The molecule has 7 heteroatoms. The van der Waals surface area contributed by atoms with Crippen LogP contribution in [0.1, 0.15) is 12.5 Å². The van der Waals surface area contributed by atoms with E-state index in [4.69, 9.17) is 15.9 Å². The van der Waals surface area contributed by atoms with Gasteiger partial charge in [0.2, 0.25) is 0 Å². The molecule has 1 fully saturated rings. The van der Waals surface area contributed by atoms with Crippen LogP contribution < -0.4 is 14.4 Å². The van der Waals surface area contributed by atoms with Crippen LogP contribution in [-0.4, -0.2) is 50.2 Å². The summed E-state index contributed by atoms with van der Waals surface area (Å²) in [5.74, 6) is 3.27. The second-order valence-electron chi connectivity index (χ2n) is 7.04. The Morgan fingerprint density at radius 1 is 1.19 bits per heavy atom. The van der Waals surface area contributed by atoms with Crippen LogP contribution in [0.2, 0.25) is 0 Å². The number of carbonyl (C=O) groups excluding carboxylic acids is 1. The summed E-state index contributed by atoms with van der Waals surface area (Å²) in [7, 11) is 0. The van der Waals surface area contributed by atoms with Crippen LogP contribution in [0.4, 0.5) is 5.69 Å². The summed E-state index contributed by atoms with van der Waals surface area (Å²) >= 11 is 2.13. The largest absolute Gasteiger partial charge is 0.490 e. The minimum absolute atomic E-state index is 0.0914. The van der Waals surface area contributed by atoms with Gasteiger partial charge in [0.05, 0.1) is 10.2 Å². The molecule has 0 atom stereocenters. The predicted molar refractivity (Wildman–Crippen MR) is 133 cm³/mol. The van der Waals surface area contributed by atoms with Gasteiger partial charge in [-0.25, -0.2) is 0 Å². The average molecular weight is 541 g/mol. The highest BCUT2D eigenvalue weighted by molar-refractivity contribution is 14.1. The molecular weight excluding hydrogens is 517 g/mol. The molecule has 2 aromatic carbocycles. The van der Waals surface area contributed by atoms with Crippen molar-refractivity contribution in [1.82, 2.24) is 4.90 Å². The monoisotopic (exact) mass is 541 g/mol. The second kappa shape index (κ2) is 11.4. The number of hydrogen-bond acceptors (Lipinski definition) is 5. The molecule has 1 saturated heterocycles. The smallest absolute Gasteiger partial charge is 0.264 e. The van der Waals surface area contributed by atoms with Crippen LogP contribution in [0, 0.1) is 27.2 Å². The van der Waals surface area contributed by atoms with E-state index in [-0.39, 0.29) is 18.1 Å². The highest BCUT2D eigenvalue weighted by Gasteiger charge is 2.24. The standard InChI is InChI=1S/C25H24IN3O3/c1-3-14-32-24-22(26)16-19(17-23(24)31-4-2)15-20(18-27)25(30)29-12-10-28(11-13-29)21-8-6-5-7-9-21/h1,5-9,15-17H,4,10-14H2,2H3/b20-15-. The second-order valence-corrected chi connectivity index (χ2v) is 8.20. The molecule has 3 rings (SSSR count). The van der Waals surface area contributed by atoms with Crippen molar-refractivity contribution in [2.45, 2.75) is 6.92 Å². The minimum atomic E-state index is -0.263. The number of ether oxygens (including phenoxy) is 2. The molecule has 1 amide bonds. The molecule has 0 bridgehead atoms. The van der Waals surface area contributed by atoms with Gasteiger partial charge >= 0.3 is 0 Å². The summed E-state index contributed by atoms with van der Waals surface area (Å²) in [5, 5.41) is 9.67. The molecule has 164 valence electrons.